The highest BCUT2D eigenvalue weighted by molar-refractivity contribution is 5.47. The third-order valence-corrected chi connectivity index (χ3v) is 2.36. The molecule has 5 heteroatoms. The number of halogens is 2. The lowest BCUT2D eigenvalue weighted by atomic mass is 10.1. The summed E-state index contributed by atoms with van der Waals surface area (Å²) in [7, 11) is 0. The maximum Gasteiger partial charge on any atom is 0.292 e. The molecule has 3 N–H and O–H groups in total. The van der Waals surface area contributed by atoms with Crippen molar-refractivity contribution in [3.8, 4) is 0 Å². The zero-order valence-electron chi connectivity index (χ0n) is 6.56. The molecule has 1 aromatic rings. The minimum absolute atomic E-state index is 0.104. The molecule has 1 atom stereocenters. The Morgan fingerprint density at radius 2 is 2.33 bits per heavy atom. The molecule has 0 aliphatic heterocycles. The molecule has 2 rings (SSSR count). The summed E-state index contributed by atoms with van der Waals surface area (Å²) in [5.41, 5.74) is 5.77. The quantitative estimate of drug-likeness (QED) is 0.620. The topological polar surface area (TPSA) is 54.7 Å². The highest BCUT2D eigenvalue weighted by atomic mass is 19.3. The first kappa shape index (κ1) is 7.52. The fourth-order valence-corrected chi connectivity index (χ4v) is 1.54. The number of H-pyrrole nitrogens is 1. The van der Waals surface area contributed by atoms with Gasteiger partial charge in [0.25, 0.3) is 5.92 Å². The number of nitrogens with one attached hydrogen (secondary N) is 1. The number of nitrogen functional groups attached to an aromatic ring is 1. The second-order valence-corrected chi connectivity index (χ2v) is 3.19. The number of fused-ring (bicyclic) bond motifs is 1. The van der Waals surface area contributed by atoms with Gasteiger partial charge < -0.3 is 5.73 Å². The molecular weight excluding hydrogens is 164 g/mol. The average Bonchev–Trinajstić information content (AvgIpc) is 2.41. The number of aromatic amines is 1. The van der Waals surface area contributed by atoms with Crippen LogP contribution in [0.15, 0.2) is 0 Å². The van der Waals surface area contributed by atoms with E-state index in [1.165, 1.54) is 6.92 Å². The van der Waals surface area contributed by atoms with Gasteiger partial charge in [0, 0.05) is 11.5 Å². The Bertz CT molecular complexity index is 318. The van der Waals surface area contributed by atoms with Crippen LogP contribution in [0.4, 0.5) is 14.6 Å². The van der Waals surface area contributed by atoms with Crippen LogP contribution < -0.4 is 5.73 Å². The van der Waals surface area contributed by atoms with E-state index < -0.39 is 11.8 Å². The van der Waals surface area contributed by atoms with E-state index in [4.69, 9.17) is 5.73 Å². The van der Waals surface area contributed by atoms with Crippen LogP contribution in [0, 0.1) is 5.92 Å². The Morgan fingerprint density at radius 1 is 1.67 bits per heavy atom. The van der Waals surface area contributed by atoms with E-state index in [-0.39, 0.29) is 11.5 Å². The number of alkyl halides is 2. The van der Waals surface area contributed by atoms with Crippen LogP contribution in [-0.2, 0) is 12.3 Å². The van der Waals surface area contributed by atoms with Crippen molar-refractivity contribution in [2.24, 2.45) is 5.92 Å². The maximum absolute atomic E-state index is 13.2. The SMILES string of the molecule is C[C@@H]1Cc2c(N)n[nH]c2C1(F)F. The van der Waals surface area contributed by atoms with Crippen molar-refractivity contribution in [3.05, 3.63) is 11.3 Å². The first-order valence-electron chi connectivity index (χ1n) is 3.74. The number of aromatic nitrogens is 2. The third kappa shape index (κ3) is 0.707. The zero-order chi connectivity index (χ0) is 8.93. The van der Waals surface area contributed by atoms with Crippen molar-refractivity contribution < 1.29 is 8.78 Å². The predicted molar refractivity (Wildman–Crippen MR) is 39.8 cm³/mol. The molecule has 0 aromatic carbocycles. The second-order valence-electron chi connectivity index (χ2n) is 3.19. The number of rotatable bonds is 0. The van der Waals surface area contributed by atoms with Gasteiger partial charge in [0.15, 0.2) is 0 Å². The molecule has 1 aliphatic rings. The fraction of sp³-hybridized carbons (Fsp3) is 0.571. The van der Waals surface area contributed by atoms with Crippen LogP contribution in [0.3, 0.4) is 0 Å². The lowest BCUT2D eigenvalue weighted by Crippen LogP contribution is -2.18. The van der Waals surface area contributed by atoms with Gasteiger partial charge in [-0.15, -0.1) is 0 Å². The molecule has 3 nitrogen and oxygen atoms in total. The number of hydrogen-bond acceptors (Lipinski definition) is 2. The number of nitrogens with two attached hydrogens (primary N) is 1. The van der Waals surface area contributed by atoms with E-state index in [2.05, 4.69) is 10.2 Å². The van der Waals surface area contributed by atoms with Gasteiger partial charge in [-0.2, -0.15) is 13.9 Å². The summed E-state index contributed by atoms with van der Waals surface area (Å²) < 4.78 is 26.4. The van der Waals surface area contributed by atoms with Gasteiger partial charge >= 0.3 is 0 Å². The van der Waals surface area contributed by atoms with Gasteiger partial charge in [0.05, 0.1) is 0 Å². The Kier molecular flexibility index (Phi) is 1.23. The van der Waals surface area contributed by atoms with Gasteiger partial charge in [-0.05, 0) is 6.42 Å². The molecule has 0 unspecified atom stereocenters. The summed E-state index contributed by atoms with van der Waals surface area (Å²) in [6.45, 7) is 1.51. The molecule has 0 fully saturated rings. The number of hydrogen-bond donors (Lipinski definition) is 2. The van der Waals surface area contributed by atoms with E-state index in [1.54, 1.807) is 0 Å². The van der Waals surface area contributed by atoms with E-state index in [9.17, 15) is 8.78 Å². The molecule has 1 heterocycles. The van der Waals surface area contributed by atoms with Gasteiger partial charge in [-0.1, -0.05) is 6.92 Å². The lowest BCUT2D eigenvalue weighted by Gasteiger charge is -2.13. The fourth-order valence-electron chi connectivity index (χ4n) is 1.54. The number of anilines is 1. The summed E-state index contributed by atoms with van der Waals surface area (Å²) >= 11 is 0. The molecular formula is C7H9F2N3. The van der Waals surface area contributed by atoms with E-state index >= 15 is 0 Å². The standard InChI is InChI=1S/C7H9F2N3/c1-3-2-4-5(7(3,8)9)11-12-6(4)10/h3H,2H2,1H3,(H3,10,11,12)/t3-/m1/s1. The van der Waals surface area contributed by atoms with E-state index in [0.29, 0.717) is 12.0 Å². The Labute approximate surface area is 68.0 Å². The first-order chi connectivity index (χ1) is 5.53. The smallest absolute Gasteiger partial charge is 0.292 e. The van der Waals surface area contributed by atoms with Crippen molar-refractivity contribution in [3.63, 3.8) is 0 Å². The largest absolute Gasteiger partial charge is 0.382 e. The van der Waals surface area contributed by atoms with Gasteiger partial charge in [-0.25, -0.2) is 0 Å². The van der Waals surface area contributed by atoms with Crippen LogP contribution in [-0.4, -0.2) is 10.2 Å². The van der Waals surface area contributed by atoms with Crippen molar-refractivity contribution in [1.82, 2.24) is 10.2 Å². The lowest BCUT2D eigenvalue weighted by molar-refractivity contribution is -0.0492. The highest BCUT2D eigenvalue weighted by Crippen LogP contribution is 2.46. The molecule has 0 radical (unpaired) electrons. The molecule has 0 saturated heterocycles. The van der Waals surface area contributed by atoms with E-state index in [0.717, 1.165) is 0 Å². The summed E-state index contributed by atoms with van der Waals surface area (Å²) in [6, 6.07) is 0. The van der Waals surface area contributed by atoms with Crippen LogP contribution in [0.1, 0.15) is 18.2 Å². The summed E-state index contributed by atoms with van der Waals surface area (Å²) in [4.78, 5) is 0. The maximum atomic E-state index is 13.2. The minimum atomic E-state index is -2.79. The van der Waals surface area contributed by atoms with Crippen molar-refractivity contribution in [1.29, 1.82) is 0 Å². The van der Waals surface area contributed by atoms with Crippen molar-refractivity contribution in [2.75, 3.05) is 5.73 Å². The van der Waals surface area contributed by atoms with Gasteiger partial charge in [-0.3, -0.25) is 5.10 Å². The highest BCUT2D eigenvalue weighted by Gasteiger charge is 2.48. The second kappa shape index (κ2) is 1.97. The first-order valence-corrected chi connectivity index (χ1v) is 3.74. The summed E-state index contributed by atoms with van der Waals surface area (Å²) in [5.74, 6) is -3.27. The molecule has 1 aromatic heterocycles. The molecule has 0 saturated carbocycles. The molecule has 0 amide bonds. The van der Waals surface area contributed by atoms with Crippen LogP contribution in [0.25, 0.3) is 0 Å². The van der Waals surface area contributed by atoms with Crippen LogP contribution >= 0.6 is 0 Å². The Morgan fingerprint density at radius 3 is 2.92 bits per heavy atom. The average molecular weight is 173 g/mol. The van der Waals surface area contributed by atoms with Crippen molar-refractivity contribution >= 4 is 5.82 Å². The third-order valence-electron chi connectivity index (χ3n) is 2.36. The summed E-state index contributed by atoms with van der Waals surface area (Å²) in [6.07, 6.45) is 0.310. The van der Waals surface area contributed by atoms with Crippen LogP contribution in [0.2, 0.25) is 0 Å². The van der Waals surface area contributed by atoms with Crippen LogP contribution in [0.5, 0.6) is 0 Å². The Balaban J connectivity index is 2.56. The minimum Gasteiger partial charge on any atom is -0.382 e. The molecule has 0 bridgehead atoms. The normalized spacial score (nSPS) is 25.8. The summed E-state index contributed by atoms with van der Waals surface area (Å²) in [5, 5.41) is 5.82. The van der Waals surface area contributed by atoms with Crippen molar-refractivity contribution in [2.45, 2.75) is 19.3 Å². The zero-order valence-corrected chi connectivity index (χ0v) is 6.56. The monoisotopic (exact) mass is 173 g/mol. The predicted octanol–water partition coefficient (Wildman–Crippen LogP) is 1.28. The molecule has 1 aliphatic carbocycles. The Hall–Kier alpha value is -1.13. The molecule has 66 valence electrons. The van der Waals surface area contributed by atoms with Gasteiger partial charge in [0.1, 0.15) is 11.5 Å². The number of nitrogens with zero attached hydrogens (tertiary/aromatic N) is 1. The molecule has 0 spiro atoms. The van der Waals surface area contributed by atoms with E-state index in [1.807, 2.05) is 0 Å². The van der Waals surface area contributed by atoms with Gasteiger partial charge in [0.2, 0.25) is 0 Å². The molecule has 12 heavy (non-hydrogen) atoms.